The largest absolute Gasteiger partial charge is 0.452 e. The zero-order valence-corrected chi connectivity index (χ0v) is 21.2. The zero-order chi connectivity index (χ0) is 26.4. The van der Waals surface area contributed by atoms with Gasteiger partial charge in [0, 0.05) is 16.8 Å². The van der Waals surface area contributed by atoms with E-state index in [1.165, 1.54) is 6.07 Å². The number of hydrogen-bond acceptors (Lipinski definition) is 5. The first-order valence-corrected chi connectivity index (χ1v) is 11.6. The van der Waals surface area contributed by atoms with Gasteiger partial charge in [-0.3, -0.25) is 14.4 Å². The van der Waals surface area contributed by atoms with Crippen molar-refractivity contribution in [2.45, 2.75) is 34.6 Å². The summed E-state index contributed by atoms with van der Waals surface area (Å²) in [5.74, 6) is -2.12. The molecule has 3 rings (SSSR count). The van der Waals surface area contributed by atoms with Gasteiger partial charge in [-0.05, 0) is 63.4 Å². The Morgan fingerprint density at radius 2 is 1.33 bits per heavy atom. The van der Waals surface area contributed by atoms with Crippen LogP contribution >= 0.6 is 0 Å². The molecule has 0 spiro atoms. The van der Waals surface area contributed by atoms with E-state index in [0.29, 0.717) is 11.3 Å². The summed E-state index contributed by atoms with van der Waals surface area (Å²) in [6, 6.07) is 15.8. The molecule has 0 aliphatic heterocycles. The number of aryl methyl sites for hydroxylation is 5. The van der Waals surface area contributed by atoms with Crippen LogP contribution in [0.25, 0.3) is 0 Å². The van der Waals surface area contributed by atoms with Crippen molar-refractivity contribution in [2.24, 2.45) is 0 Å². The number of esters is 1. The summed E-state index contributed by atoms with van der Waals surface area (Å²) in [4.78, 5) is 50.4. The molecule has 0 bridgehead atoms. The second-order valence-electron chi connectivity index (χ2n) is 8.87. The first-order chi connectivity index (χ1) is 17.1. The van der Waals surface area contributed by atoms with E-state index in [-0.39, 0.29) is 23.5 Å². The molecule has 0 saturated heterocycles. The monoisotopic (exact) mass is 486 g/mol. The van der Waals surface area contributed by atoms with Gasteiger partial charge in [-0.1, -0.05) is 53.6 Å². The van der Waals surface area contributed by atoms with Crippen LogP contribution in [0.1, 0.15) is 54.1 Å². The number of anilines is 1. The van der Waals surface area contributed by atoms with Gasteiger partial charge in [-0.25, -0.2) is 4.79 Å². The molecule has 0 atom stereocenters. The van der Waals surface area contributed by atoms with E-state index < -0.39 is 24.4 Å². The first-order valence-electron chi connectivity index (χ1n) is 11.6. The van der Waals surface area contributed by atoms with Gasteiger partial charge in [-0.15, -0.1) is 0 Å². The summed E-state index contributed by atoms with van der Waals surface area (Å²) in [5, 5.41) is 5.24. The zero-order valence-electron chi connectivity index (χ0n) is 21.2. The molecule has 7 nitrogen and oxygen atoms in total. The summed E-state index contributed by atoms with van der Waals surface area (Å²) >= 11 is 0. The summed E-state index contributed by atoms with van der Waals surface area (Å²) in [7, 11) is 0. The van der Waals surface area contributed by atoms with Crippen molar-refractivity contribution in [2.75, 3.05) is 18.5 Å². The highest BCUT2D eigenvalue weighted by atomic mass is 16.5. The Labute approximate surface area is 210 Å². The normalized spacial score (nSPS) is 10.5. The number of carbonyl (C=O) groups excluding carboxylic acids is 4. The maximum Gasteiger partial charge on any atom is 0.339 e. The molecule has 186 valence electrons. The molecule has 0 radical (unpaired) electrons. The predicted molar refractivity (Wildman–Crippen MR) is 138 cm³/mol. The van der Waals surface area contributed by atoms with Crippen LogP contribution < -0.4 is 10.6 Å². The number of ketones is 1. The lowest BCUT2D eigenvalue weighted by Gasteiger charge is -2.13. The third kappa shape index (κ3) is 6.44. The van der Waals surface area contributed by atoms with Gasteiger partial charge in [0.1, 0.15) is 0 Å². The van der Waals surface area contributed by atoms with Gasteiger partial charge in [-0.2, -0.15) is 0 Å². The van der Waals surface area contributed by atoms with Crippen LogP contribution in [0, 0.1) is 34.6 Å². The first kappa shape index (κ1) is 26.3. The van der Waals surface area contributed by atoms with Crippen LogP contribution in [0.5, 0.6) is 0 Å². The molecule has 7 heteroatoms. The quantitative estimate of drug-likeness (QED) is 0.364. The van der Waals surface area contributed by atoms with Crippen molar-refractivity contribution in [3.05, 3.63) is 99.1 Å². The Morgan fingerprint density at radius 3 is 2.00 bits per heavy atom. The molecule has 0 aliphatic rings. The molecule has 0 aromatic heterocycles. The average Bonchev–Trinajstić information content (AvgIpc) is 2.84. The van der Waals surface area contributed by atoms with Crippen LogP contribution in [0.15, 0.2) is 54.6 Å². The average molecular weight is 487 g/mol. The van der Waals surface area contributed by atoms with E-state index >= 15 is 0 Å². The summed E-state index contributed by atoms with van der Waals surface area (Å²) < 4.78 is 5.14. The summed E-state index contributed by atoms with van der Waals surface area (Å²) in [5.41, 5.74) is 6.13. The van der Waals surface area contributed by atoms with Crippen molar-refractivity contribution in [1.29, 1.82) is 0 Å². The van der Waals surface area contributed by atoms with Crippen molar-refractivity contribution in [3.8, 4) is 0 Å². The molecule has 3 aromatic carbocycles. The lowest BCUT2D eigenvalue weighted by Crippen LogP contribution is -2.35. The highest BCUT2D eigenvalue weighted by Gasteiger charge is 2.21. The van der Waals surface area contributed by atoms with E-state index in [9.17, 15) is 19.2 Å². The third-order valence-electron chi connectivity index (χ3n) is 5.75. The van der Waals surface area contributed by atoms with E-state index in [2.05, 4.69) is 10.6 Å². The van der Waals surface area contributed by atoms with Crippen LogP contribution in [0.3, 0.4) is 0 Å². The fourth-order valence-corrected chi connectivity index (χ4v) is 3.98. The number of hydrogen-bond donors (Lipinski definition) is 2. The molecule has 0 heterocycles. The molecule has 3 aromatic rings. The van der Waals surface area contributed by atoms with E-state index in [1.54, 1.807) is 24.3 Å². The van der Waals surface area contributed by atoms with E-state index in [0.717, 1.165) is 27.8 Å². The highest BCUT2D eigenvalue weighted by molar-refractivity contribution is 6.15. The fraction of sp³-hybridized carbons (Fsp3) is 0.241. The third-order valence-corrected chi connectivity index (χ3v) is 5.75. The number of carbonyl (C=O) groups is 4. The molecule has 0 unspecified atom stereocenters. The van der Waals surface area contributed by atoms with Crippen molar-refractivity contribution < 1.29 is 23.9 Å². The van der Waals surface area contributed by atoms with E-state index in [4.69, 9.17) is 4.74 Å². The number of ether oxygens (including phenoxy) is 1. The smallest absolute Gasteiger partial charge is 0.339 e. The lowest BCUT2D eigenvalue weighted by molar-refractivity contribution is -0.126. The molecular formula is C29H30N2O5. The van der Waals surface area contributed by atoms with Gasteiger partial charge in [0.05, 0.1) is 12.1 Å². The molecule has 0 saturated carbocycles. The minimum Gasteiger partial charge on any atom is -0.452 e. The molecule has 0 fully saturated rings. The maximum absolute atomic E-state index is 13.1. The standard InChI is InChI=1S/C29H30N2O5/c1-17-10-11-19(3)24(14-17)28(34)22-8-6-7-9-23(22)29(35)36-16-26(33)30-15-25(32)31-27-20(4)12-18(2)13-21(27)5/h6-14H,15-16H2,1-5H3,(H,30,33)(H,31,32). The van der Waals surface area contributed by atoms with E-state index in [1.807, 2.05) is 58.9 Å². The topological polar surface area (TPSA) is 102 Å². The Kier molecular flexibility index (Phi) is 8.38. The van der Waals surface area contributed by atoms with Crippen LogP contribution in [-0.2, 0) is 14.3 Å². The van der Waals surface area contributed by atoms with Crippen molar-refractivity contribution in [1.82, 2.24) is 5.32 Å². The van der Waals surface area contributed by atoms with Crippen LogP contribution in [0.4, 0.5) is 5.69 Å². The lowest BCUT2D eigenvalue weighted by atomic mass is 9.94. The van der Waals surface area contributed by atoms with Gasteiger partial charge in [0.2, 0.25) is 5.91 Å². The second-order valence-corrected chi connectivity index (χ2v) is 8.87. The number of benzene rings is 3. The van der Waals surface area contributed by atoms with Gasteiger partial charge >= 0.3 is 5.97 Å². The van der Waals surface area contributed by atoms with Gasteiger partial charge < -0.3 is 15.4 Å². The Morgan fingerprint density at radius 1 is 0.694 bits per heavy atom. The van der Waals surface area contributed by atoms with Crippen LogP contribution in [0.2, 0.25) is 0 Å². The minimum atomic E-state index is -0.797. The molecule has 0 aliphatic carbocycles. The molecular weight excluding hydrogens is 456 g/mol. The summed E-state index contributed by atoms with van der Waals surface area (Å²) in [6.07, 6.45) is 0. The predicted octanol–water partition coefficient (Wildman–Crippen LogP) is 4.37. The number of rotatable bonds is 8. The SMILES string of the molecule is Cc1cc(C)c(NC(=O)CNC(=O)COC(=O)c2ccccc2C(=O)c2cc(C)ccc2C)c(C)c1. The number of amides is 2. The Balaban J connectivity index is 1.59. The fourth-order valence-electron chi connectivity index (χ4n) is 3.98. The van der Waals surface area contributed by atoms with Gasteiger partial charge in [0.15, 0.2) is 12.4 Å². The maximum atomic E-state index is 13.1. The molecule has 2 N–H and O–H groups in total. The summed E-state index contributed by atoms with van der Waals surface area (Å²) in [6.45, 7) is 8.64. The Hall–Kier alpha value is -4.26. The van der Waals surface area contributed by atoms with Crippen molar-refractivity contribution >= 4 is 29.3 Å². The van der Waals surface area contributed by atoms with Crippen molar-refractivity contribution in [3.63, 3.8) is 0 Å². The van der Waals surface area contributed by atoms with Crippen LogP contribution in [-0.4, -0.2) is 36.7 Å². The molecule has 36 heavy (non-hydrogen) atoms. The number of nitrogens with one attached hydrogen (secondary N) is 2. The Bertz CT molecular complexity index is 1320. The molecule has 2 amide bonds. The minimum absolute atomic E-state index is 0.0688. The van der Waals surface area contributed by atoms with Gasteiger partial charge in [0.25, 0.3) is 5.91 Å². The highest BCUT2D eigenvalue weighted by Crippen LogP contribution is 2.22. The second kappa shape index (κ2) is 11.4.